The van der Waals surface area contributed by atoms with Gasteiger partial charge in [-0.1, -0.05) is 11.6 Å². The number of benzene rings is 1. The summed E-state index contributed by atoms with van der Waals surface area (Å²) in [5.74, 6) is -2.13. The number of alkyl halides is 6. The molecule has 0 amide bonds. The Bertz CT molecular complexity index is 535. The van der Waals surface area contributed by atoms with Crippen LogP contribution in [0.1, 0.15) is 5.56 Å². The second-order valence-corrected chi connectivity index (χ2v) is 3.94. The van der Waals surface area contributed by atoms with Crippen molar-refractivity contribution >= 4 is 23.1 Å². The summed E-state index contributed by atoms with van der Waals surface area (Å²) < 4.78 is 73.1. The number of ketones is 1. The molecule has 0 saturated carbocycles. The largest absolute Gasteiger partial charge is 0.454 e. The normalized spacial score (nSPS) is 12.8. The Morgan fingerprint density at radius 1 is 1.15 bits per heavy atom. The summed E-state index contributed by atoms with van der Waals surface area (Å²) in [7, 11) is 0. The molecule has 0 spiro atoms. The molecule has 0 heterocycles. The molecule has 1 aromatic rings. The fraction of sp³-hybridized carbons (Fsp3) is 0.182. The van der Waals surface area contributed by atoms with E-state index in [1.54, 1.807) is 0 Å². The van der Waals surface area contributed by atoms with E-state index >= 15 is 0 Å². The van der Waals surface area contributed by atoms with Crippen LogP contribution in [-0.2, 0) is 11.0 Å². The first-order chi connectivity index (χ1) is 9.01. The highest BCUT2D eigenvalue weighted by molar-refractivity contribution is 6.31. The number of carbonyl (C=O) groups excluding carboxylic acids is 1. The van der Waals surface area contributed by atoms with Crippen LogP contribution in [0.25, 0.3) is 0 Å². The summed E-state index contributed by atoms with van der Waals surface area (Å²) in [6.07, 6.45) is -8.96. The third-order valence-electron chi connectivity index (χ3n) is 2.04. The van der Waals surface area contributed by atoms with Gasteiger partial charge < -0.3 is 5.32 Å². The van der Waals surface area contributed by atoms with Crippen molar-refractivity contribution in [3.8, 4) is 0 Å². The van der Waals surface area contributed by atoms with Crippen molar-refractivity contribution in [3.63, 3.8) is 0 Å². The lowest BCUT2D eigenvalue weighted by atomic mass is 10.2. The minimum atomic E-state index is -5.03. The van der Waals surface area contributed by atoms with Crippen molar-refractivity contribution in [2.24, 2.45) is 0 Å². The topological polar surface area (TPSA) is 29.1 Å². The van der Waals surface area contributed by atoms with Crippen LogP contribution in [0.5, 0.6) is 0 Å². The Labute approximate surface area is 114 Å². The number of hydrogen-bond acceptors (Lipinski definition) is 2. The summed E-state index contributed by atoms with van der Waals surface area (Å²) in [6.45, 7) is 0. The van der Waals surface area contributed by atoms with Gasteiger partial charge in [0.1, 0.15) is 0 Å². The summed E-state index contributed by atoms with van der Waals surface area (Å²) in [6, 6.07) is 2.68. The van der Waals surface area contributed by atoms with Crippen molar-refractivity contribution < 1.29 is 31.1 Å². The van der Waals surface area contributed by atoms with E-state index < -0.39 is 28.7 Å². The number of anilines is 1. The van der Waals surface area contributed by atoms with E-state index in [2.05, 4.69) is 5.32 Å². The van der Waals surface area contributed by atoms with Gasteiger partial charge in [-0.3, -0.25) is 4.79 Å². The molecule has 1 aromatic carbocycles. The highest BCUT2D eigenvalue weighted by Crippen LogP contribution is 2.36. The monoisotopic (exact) mass is 317 g/mol. The highest BCUT2D eigenvalue weighted by Gasteiger charge is 2.36. The zero-order valence-electron chi connectivity index (χ0n) is 9.44. The SMILES string of the molecule is O=C(C=CNc1ccc(Cl)c(C(F)(F)F)c1)C(F)(F)F. The minimum Gasteiger partial charge on any atom is -0.362 e. The van der Waals surface area contributed by atoms with E-state index in [0.29, 0.717) is 12.3 Å². The van der Waals surface area contributed by atoms with E-state index in [9.17, 15) is 31.1 Å². The van der Waals surface area contributed by atoms with Crippen molar-refractivity contribution in [2.45, 2.75) is 12.4 Å². The summed E-state index contributed by atoms with van der Waals surface area (Å²) >= 11 is 5.36. The van der Waals surface area contributed by atoms with Crippen LogP contribution < -0.4 is 5.32 Å². The van der Waals surface area contributed by atoms with E-state index in [1.807, 2.05) is 0 Å². The molecule has 0 aliphatic heterocycles. The number of rotatable bonds is 3. The van der Waals surface area contributed by atoms with Gasteiger partial charge in [-0.25, -0.2) is 0 Å². The van der Waals surface area contributed by atoms with Crippen molar-refractivity contribution in [2.75, 3.05) is 5.32 Å². The Morgan fingerprint density at radius 2 is 1.75 bits per heavy atom. The van der Waals surface area contributed by atoms with Crippen LogP contribution in [0.4, 0.5) is 32.0 Å². The lowest BCUT2D eigenvalue weighted by Crippen LogP contribution is -2.20. The maximum Gasteiger partial charge on any atom is 0.454 e. The first-order valence-electron chi connectivity index (χ1n) is 4.93. The second kappa shape index (κ2) is 5.74. The van der Waals surface area contributed by atoms with Gasteiger partial charge in [0, 0.05) is 18.0 Å². The van der Waals surface area contributed by atoms with Crippen LogP contribution in [0.2, 0.25) is 5.02 Å². The molecule has 0 fully saturated rings. The van der Waals surface area contributed by atoms with Crippen LogP contribution in [0, 0.1) is 0 Å². The summed E-state index contributed by atoms with van der Waals surface area (Å²) in [4.78, 5) is 10.5. The van der Waals surface area contributed by atoms with Crippen LogP contribution >= 0.6 is 11.6 Å². The summed E-state index contributed by atoms with van der Waals surface area (Å²) in [5, 5.41) is 1.58. The molecular formula is C11H6ClF6NO. The molecule has 0 aliphatic carbocycles. The number of hydrogen-bond donors (Lipinski definition) is 1. The predicted molar refractivity (Wildman–Crippen MR) is 60.3 cm³/mol. The number of allylic oxidation sites excluding steroid dienone is 1. The van der Waals surface area contributed by atoms with Gasteiger partial charge >= 0.3 is 12.4 Å². The number of carbonyl (C=O) groups is 1. The lowest BCUT2D eigenvalue weighted by molar-refractivity contribution is -0.165. The summed E-state index contributed by atoms with van der Waals surface area (Å²) in [5.41, 5.74) is -1.30. The lowest BCUT2D eigenvalue weighted by Gasteiger charge is -2.10. The van der Waals surface area contributed by atoms with Gasteiger partial charge in [-0.05, 0) is 18.2 Å². The van der Waals surface area contributed by atoms with Gasteiger partial charge in [0.25, 0.3) is 5.78 Å². The molecule has 1 N–H and O–H groups in total. The first kappa shape index (κ1) is 16.4. The van der Waals surface area contributed by atoms with Crippen LogP contribution in [0.3, 0.4) is 0 Å². The Hall–Kier alpha value is -1.70. The molecule has 0 atom stereocenters. The number of halogens is 7. The third kappa shape index (κ3) is 4.44. The van der Waals surface area contributed by atoms with Gasteiger partial charge in [0.2, 0.25) is 0 Å². The van der Waals surface area contributed by atoms with Crippen LogP contribution in [0.15, 0.2) is 30.5 Å². The molecule has 0 aromatic heterocycles. The van der Waals surface area contributed by atoms with Gasteiger partial charge in [-0.2, -0.15) is 26.3 Å². The van der Waals surface area contributed by atoms with Gasteiger partial charge in [-0.15, -0.1) is 0 Å². The molecule has 110 valence electrons. The smallest absolute Gasteiger partial charge is 0.362 e. The molecule has 0 saturated heterocycles. The molecule has 9 heteroatoms. The quantitative estimate of drug-likeness (QED) is 0.660. The van der Waals surface area contributed by atoms with E-state index in [1.165, 1.54) is 0 Å². The molecule has 0 bridgehead atoms. The second-order valence-electron chi connectivity index (χ2n) is 3.53. The van der Waals surface area contributed by atoms with Crippen molar-refractivity contribution in [1.82, 2.24) is 0 Å². The van der Waals surface area contributed by atoms with E-state index in [-0.39, 0.29) is 11.8 Å². The molecule has 1 rings (SSSR count). The van der Waals surface area contributed by atoms with Crippen molar-refractivity contribution in [1.29, 1.82) is 0 Å². The fourth-order valence-electron chi connectivity index (χ4n) is 1.14. The third-order valence-corrected chi connectivity index (χ3v) is 2.37. The fourth-order valence-corrected chi connectivity index (χ4v) is 1.37. The zero-order chi connectivity index (χ0) is 15.6. The molecule has 0 unspecified atom stereocenters. The van der Waals surface area contributed by atoms with Crippen molar-refractivity contribution in [3.05, 3.63) is 41.1 Å². The van der Waals surface area contributed by atoms with E-state index in [4.69, 9.17) is 11.6 Å². The Balaban J connectivity index is 2.86. The maximum atomic E-state index is 12.5. The van der Waals surface area contributed by atoms with Gasteiger partial charge in [0.05, 0.1) is 10.6 Å². The first-order valence-corrected chi connectivity index (χ1v) is 5.30. The highest BCUT2D eigenvalue weighted by atomic mass is 35.5. The van der Waals surface area contributed by atoms with Crippen LogP contribution in [-0.4, -0.2) is 12.0 Å². The molecule has 0 aliphatic rings. The molecule has 2 nitrogen and oxygen atoms in total. The molecular weight excluding hydrogens is 312 g/mol. The Morgan fingerprint density at radius 3 is 2.25 bits per heavy atom. The average Bonchev–Trinajstić information content (AvgIpc) is 2.28. The average molecular weight is 318 g/mol. The standard InChI is InChI=1S/C11H6ClF6NO/c12-8-2-1-6(5-7(8)10(13,14)15)19-4-3-9(20)11(16,17)18/h1-5,19H. The van der Waals surface area contributed by atoms with Gasteiger partial charge in [0.15, 0.2) is 0 Å². The zero-order valence-corrected chi connectivity index (χ0v) is 10.2. The molecule has 20 heavy (non-hydrogen) atoms. The Kier molecular flexibility index (Phi) is 4.69. The maximum absolute atomic E-state index is 12.5. The minimum absolute atomic E-state index is 0.159. The van der Waals surface area contributed by atoms with E-state index in [0.717, 1.165) is 12.1 Å². The predicted octanol–water partition coefficient (Wildman–Crippen LogP) is 4.42. The molecule has 0 radical (unpaired) electrons. The number of nitrogens with one attached hydrogen (secondary N) is 1.